The maximum atomic E-state index is 12.2. The van der Waals surface area contributed by atoms with Gasteiger partial charge in [-0.3, -0.25) is 4.79 Å². The van der Waals surface area contributed by atoms with Crippen molar-refractivity contribution in [2.24, 2.45) is 0 Å². The molecule has 0 radical (unpaired) electrons. The Bertz CT molecular complexity index is 388. The third-order valence-corrected chi connectivity index (χ3v) is 3.38. The van der Waals surface area contributed by atoms with E-state index in [1.165, 1.54) is 0 Å². The maximum Gasteiger partial charge on any atom is 0.252 e. The number of hydrogen-bond acceptors (Lipinski definition) is 2. The van der Waals surface area contributed by atoms with Gasteiger partial charge in [0.1, 0.15) is 0 Å². The summed E-state index contributed by atoms with van der Waals surface area (Å²) >= 11 is 0. The summed E-state index contributed by atoms with van der Waals surface area (Å²) < 4.78 is 0. The molecule has 3 nitrogen and oxygen atoms in total. The average molecular weight is 232 g/mol. The third-order valence-electron chi connectivity index (χ3n) is 3.38. The average Bonchev–Trinajstić information content (AvgIpc) is 2.30. The van der Waals surface area contributed by atoms with Gasteiger partial charge in [-0.1, -0.05) is 18.2 Å². The summed E-state index contributed by atoms with van der Waals surface area (Å²) in [5.41, 5.74) is 2.94. The van der Waals surface area contributed by atoms with E-state index < -0.39 is 0 Å². The summed E-state index contributed by atoms with van der Waals surface area (Å²) in [6.07, 6.45) is 2.05. The highest BCUT2D eigenvalue weighted by Gasteiger charge is 2.18. The number of piperidine rings is 1. The first-order chi connectivity index (χ1) is 8.18. The van der Waals surface area contributed by atoms with Crippen molar-refractivity contribution in [3.63, 3.8) is 0 Å². The lowest BCUT2D eigenvalue weighted by Gasteiger charge is -2.24. The fraction of sp³-hybridized carbons (Fsp3) is 0.500. The van der Waals surface area contributed by atoms with Gasteiger partial charge in [0.15, 0.2) is 0 Å². The Kier molecular flexibility index (Phi) is 3.79. The molecule has 2 rings (SSSR count). The van der Waals surface area contributed by atoms with E-state index in [0.29, 0.717) is 6.04 Å². The van der Waals surface area contributed by atoms with Crippen LogP contribution in [-0.2, 0) is 0 Å². The first kappa shape index (κ1) is 12.1. The smallest absolute Gasteiger partial charge is 0.252 e. The minimum Gasteiger partial charge on any atom is -0.349 e. The Labute approximate surface area is 103 Å². The van der Waals surface area contributed by atoms with Crippen LogP contribution < -0.4 is 10.6 Å². The fourth-order valence-electron chi connectivity index (χ4n) is 2.40. The lowest BCUT2D eigenvalue weighted by Crippen LogP contribution is -2.43. The molecule has 1 saturated heterocycles. The zero-order valence-electron chi connectivity index (χ0n) is 10.5. The lowest BCUT2D eigenvalue weighted by molar-refractivity contribution is 0.0928. The predicted molar refractivity (Wildman–Crippen MR) is 69.3 cm³/mol. The van der Waals surface area contributed by atoms with Crippen molar-refractivity contribution in [2.45, 2.75) is 32.7 Å². The molecule has 2 N–H and O–H groups in total. The molecule has 0 aromatic heterocycles. The van der Waals surface area contributed by atoms with Crippen molar-refractivity contribution in [1.82, 2.24) is 10.6 Å². The molecule has 3 heteroatoms. The van der Waals surface area contributed by atoms with Crippen LogP contribution in [-0.4, -0.2) is 25.0 Å². The van der Waals surface area contributed by atoms with Crippen LogP contribution in [0.5, 0.6) is 0 Å². The molecule has 17 heavy (non-hydrogen) atoms. The predicted octanol–water partition coefficient (Wildman–Crippen LogP) is 1.79. The van der Waals surface area contributed by atoms with Crippen LogP contribution in [0.1, 0.15) is 34.3 Å². The number of benzene rings is 1. The Morgan fingerprint density at radius 2 is 1.82 bits per heavy atom. The van der Waals surface area contributed by atoms with Gasteiger partial charge >= 0.3 is 0 Å². The number of carbonyl (C=O) groups is 1. The second-order valence-electron chi connectivity index (χ2n) is 4.76. The minimum absolute atomic E-state index is 0.0764. The van der Waals surface area contributed by atoms with Gasteiger partial charge in [0.25, 0.3) is 5.91 Å². The number of rotatable bonds is 2. The summed E-state index contributed by atoms with van der Waals surface area (Å²) in [5, 5.41) is 6.44. The summed E-state index contributed by atoms with van der Waals surface area (Å²) in [6.45, 7) is 5.98. The standard InChI is InChI=1S/C14H20N2O/c1-10-4-3-5-11(2)13(10)14(17)16-12-6-8-15-9-7-12/h3-5,12,15H,6-9H2,1-2H3,(H,16,17). The van der Waals surface area contributed by atoms with E-state index in [1.807, 2.05) is 32.0 Å². The number of amides is 1. The topological polar surface area (TPSA) is 41.1 Å². The molecule has 1 aliphatic rings. The van der Waals surface area contributed by atoms with Gasteiger partial charge in [0.05, 0.1) is 0 Å². The van der Waals surface area contributed by atoms with Gasteiger partial charge in [-0.15, -0.1) is 0 Å². The Morgan fingerprint density at radius 1 is 1.24 bits per heavy atom. The van der Waals surface area contributed by atoms with Crippen LogP contribution in [0.2, 0.25) is 0 Å². The van der Waals surface area contributed by atoms with E-state index in [-0.39, 0.29) is 5.91 Å². The second-order valence-corrected chi connectivity index (χ2v) is 4.76. The summed E-state index contributed by atoms with van der Waals surface area (Å²) in [6, 6.07) is 6.29. The molecule has 1 fully saturated rings. The SMILES string of the molecule is Cc1cccc(C)c1C(=O)NC1CCNCC1. The molecule has 0 aliphatic carbocycles. The van der Waals surface area contributed by atoms with Crippen molar-refractivity contribution >= 4 is 5.91 Å². The lowest BCUT2D eigenvalue weighted by atomic mass is 10.0. The van der Waals surface area contributed by atoms with E-state index >= 15 is 0 Å². The zero-order valence-corrected chi connectivity index (χ0v) is 10.5. The molecule has 1 heterocycles. The number of aryl methyl sites for hydroxylation is 2. The molecule has 1 aromatic carbocycles. The van der Waals surface area contributed by atoms with Gasteiger partial charge in [-0.25, -0.2) is 0 Å². The van der Waals surface area contributed by atoms with Crippen LogP contribution in [0.3, 0.4) is 0 Å². The fourth-order valence-corrected chi connectivity index (χ4v) is 2.40. The van der Waals surface area contributed by atoms with Crippen molar-refractivity contribution < 1.29 is 4.79 Å². The molecular weight excluding hydrogens is 212 g/mol. The van der Waals surface area contributed by atoms with Gasteiger partial charge in [-0.05, 0) is 50.9 Å². The van der Waals surface area contributed by atoms with Crippen LogP contribution in [0.4, 0.5) is 0 Å². The minimum atomic E-state index is 0.0764. The van der Waals surface area contributed by atoms with E-state index in [9.17, 15) is 4.79 Å². The first-order valence-corrected chi connectivity index (χ1v) is 6.26. The molecule has 0 saturated carbocycles. The Morgan fingerprint density at radius 3 is 2.41 bits per heavy atom. The van der Waals surface area contributed by atoms with Crippen molar-refractivity contribution in [3.05, 3.63) is 34.9 Å². The van der Waals surface area contributed by atoms with Crippen molar-refractivity contribution in [3.8, 4) is 0 Å². The van der Waals surface area contributed by atoms with Gasteiger partial charge in [0.2, 0.25) is 0 Å². The van der Waals surface area contributed by atoms with Crippen LogP contribution in [0, 0.1) is 13.8 Å². The highest BCUT2D eigenvalue weighted by molar-refractivity contribution is 5.97. The second kappa shape index (κ2) is 5.32. The molecular formula is C14H20N2O. The van der Waals surface area contributed by atoms with Crippen LogP contribution in [0.15, 0.2) is 18.2 Å². The molecule has 0 bridgehead atoms. The number of nitrogens with one attached hydrogen (secondary N) is 2. The largest absolute Gasteiger partial charge is 0.349 e. The molecule has 1 aliphatic heterocycles. The summed E-state index contributed by atoms with van der Waals surface area (Å²) in [7, 11) is 0. The van der Waals surface area contributed by atoms with E-state index in [2.05, 4.69) is 10.6 Å². The van der Waals surface area contributed by atoms with Crippen LogP contribution >= 0.6 is 0 Å². The quantitative estimate of drug-likeness (QED) is 0.816. The number of hydrogen-bond donors (Lipinski definition) is 2. The van der Waals surface area contributed by atoms with Gasteiger partial charge in [-0.2, -0.15) is 0 Å². The van der Waals surface area contributed by atoms with Crippen molar-refractivity contribution in [1.29, 1.82) is 0 Å². The Hall–Kier alpha value is -1.35. The van der Waals surface area contributed by atoms with Crippen molar-refractivity contribution in [2.75, 3.05) is 13.1 Å². The normalized spacial score (nSPS) is 16.8. The zero-order chi connectivity index (χ0) is 12.3. The molecule has 0 unspecified atom stereocenters. The molecule has 0 atom stereocenters. The van der Waals surface area contributed by atoms with Gasteiger partial charge < -0.3 is 10.6 Å². The van der Waals surface area contributed by atoms with E-state index in [1.54, 1.807) is 0 Å². The first-order valence-electron chi connectivity index (χ1n) is 6.26. The highest BCUT2D eigenvalue weighted by Crippen LogP contribution is 2.14. The highest BCUT2D eigenvalue weighted by atomic mass is 16.1. The maximum absolute atomic E-state index is 12.2. The molecule has 1 amide bonds. The third kappa shape index (κ3) is 2.86. The summed E-state index contributed by atoms with van der Waals surface area (Å²) in [4.78, 5) is 12.2. The van der Waals surface area contributed by atoms with E-state index in [4.69, 9.17) is 0 Å². The number of carbonyl (C=O) groups excluding carboxylic acids is 1. The Balaban J connectivity index is 2.08. The van der Waals surface area contributed by atoms with Gasteiger partial charge in [0, 0.05) is 11.6 Å². The molecule has 92 valence electrons. The monoisotopic (exact) mass is 232 g/mol. The van der Waals surface area contributed by atoms with Crippen LogP contribution in [0.25, 0.3) is 0 Å². The van der Waals surface area contributed by atoms with E-state index in [0.717, 1.165) is 42.6 Å². The molecule has 0 spiro atoms. The molecule has 1 aromatic rings. The summed E-state index contributed by atoms with van der Waals surface area (Å²) in [5.74, 6) is 0.0764.